The Kier molecular flexibility index (Phi) is 7.44. The van der Waals surface area contributed by atoms with Gasteiger partial charge in [0.05, 0.1) is 24.1 Å². The van der Waals surface area contributed by atoms with Crippen LogP contribution in [0, 0.1) is 24.1 Å². The topological polar surface area (TPSA) is 75.0 Å². The minimum atomic E-state index is -0.376. The number of carbonyl (C=O) groups excluding carboxylic acids is 1. The van der Waals surface area contributed by atoms with E-state index in [1.807, 2.05) is 61.5 Å². The standard InChI is InChI=1S/C28H22FN3O2S/c1-18-3-5-20(6-4-18)26-15-24(19-7-13-23(34-2)14-8-19)25(16-30)28(32-26)35-17-27(33)31-22-11-9-21(29)10-12-22/h3-15H,17H2,1-2H3,(H,31,33). The molecule has 0 radical (unpaired) electrons. The number of carbonyl (C=O) groups is 1. The van der Waals surface area contributed by atoms with Gasteiger partial charge in [0, 0.05) is 16.8 Å². The Labute approximate surface area is 207 Å². The third-order valence-electron chi connectivity index (χ3n) is 5.31. The molecule has 0 aliphatic carbocycles. The number of anilines is 1. The second-order valence-corrected chi connectivity index (χ2v) is 8.75. The summed E-state index contributed by atoms with van der Waals surface area (Å²) in [6.07, 6.45) is 0. The molecule has 0 spiro atoms. The number of hydrogen-bond donors (Lipinski definition) is 1. The molecule has 0 saturated carbocycles. The van der Waals surface area contributed by atoms with Crippen molar-refractivity contribution in [2.75, 3.05) is 18.2 Å². The maximum atomic E-state index is 13.1. The number of benzene rings is 3. The highest BCUT2D eigenvalue weighted by molar-refractivity contribution is 8.00. The number of nitrogens with one attached hydrogen (secondary N) is 1. The van der Waals surface area contributed by atoms with Gasteiger partial charge in [0.15, 0.2) is 0 Å². The molecule has 3 aromatic carbocycles. The molecule has 0 saturated heterocycles. The highest BCUT2D eigenvalue weighted by atomic mass is 32.2. The fraction of sp³-hybridized carbons (Fsp3) is 0.107. The second-order valence-electron chi connectivity index (χ2n) is 7.79. The number of aromatic nitrogens is 1. The number of methoxy groups -OCH3 is 1. The van der Waals surface area contributed by atoms with Crippen molar-refractivity contribution < 1.29 is 13.9 Å². The highest BCUT2D eigenvalue weighted by Crippen LogP contribution is 2.35. The summed E-state index contributed by atoms with van der Waals surface area (Å²) in [5, 5.41) is 13.2. The van der Waals surface area contributed by atoms with E-state index < -0.39 is 0 Å². The molecule has 35 heavy (non-hydrogen) atoms. The lowest BCUT2D eigenvalue weighted by molar-refractivity contribution is -0.113. The fourth-order valence-electron chi connectivity index (χ4n) is 3.47. The molecule has 0 unspecified atom stereocenters. The van der Waals surface area contributed by atoms with Gasteiger partial charge < -0.3 is 10.1 Å². The molecular formula is C28H22FN3O2S. The van der Waals surface area contributed by atoms with Crippen LogP contribution in [0.2, 0.25) is 0 Å². The quantitative estimate of drug-likeness (QED) is 0.305. The lowest BCUT2D eigenvalue weighted by atomic mass is 9.99. The molecular weight excluding hydrogens is 461 g/mol. The number of pyridine rings is 1. The Morgan fingerprint density at radius 2 is 1.69 bits per heavy atom. The molecule has 0 atom stereocenters. The van der Waals surface area contributed by atoms with Crippen LogP contribution in [0.1, 0.15) is 11.1 Å². The first-order valence-corrected chi connectivity index (χ1v) is 11.8. The molecule has 1 heterocycles. The molecule has 0 fully saturated rings. The van der Waals surface area contributed by atoms with Gasteiger partial charge in [0.2, 0.25) is 5.91 Å². The van der Waals surface area contributed by atoms with Gasteiger partial charge in [-0.05, 0) is 55.0 Å². The highest BCUT2D eigenvalue weighted by Gasteiger charge is 2.17. The summed E-state index contributed by atoms with van der Waals surface area (Å²) < 4.78 is 18.4. The summed E-state index contributed by atoms with van der Waals surface area (Å²) >= 11 is 1.19. The molecule has 1 aromatic heterocycles. The molecule has 0 aliphatic heterocycles. The number of nitriles is 1. The lowest BCUT2D eigenvalue weighted by Crippen LogP contribution is -2.14. The van der Waals surface area contributed by atoms with Crippen LogP contribution in [0.3, 0.4) is 0 Å². The number of halogens is 1. The summed E-state index contributed by atoms with van der Waals surface area (Å²) in [6.45, 7) is 2.01. The van der Waals surface area contributed by atoms with Gasteiger partial charge in [0.1, 0.15) is 22.7 Å². The van der Waals surface area contributed by atoms with E-state index in [4.69, 9.17) is 9.72 Å². The van der Waals surface area contributed by atoms with Gasteiger partial charge in [-0.25, -0.2) is 9.37 Å². The van der Waals surface area contributed by atoms with Crippen LogP contribution in [0.5, 0.6) is 5.75 Å². The molecule has 0 bridgehead atoms. The molecule has 7 heteroatoms. The van der Waals surface area contributed by atoms with E-state index in [9.17, 15) is 14.4 Å². The number of rotatable bonds is 7. The Morgan fingerprint density at radius 1 is 1.03 bits per heavy atom. The normalized spacial score (nSPS) is 10.5. The zero-order valence-electron chi connectivity index (χ0n) is 19.2. The first kappa shape index (κ1) is 24.0. The number of hydrogen-bond acceptors (Lipinski definition) is 5. The average molecular weight is 484 g/mol. The predicted molar refractivity (Wildman–Crippen MR) is 137 cm³/mol. The second kappa shape index (κ2) is 10.9. The maximum absolute atomic E-state index is 13.1. The smallest absolute Gasteiger partial charge is 0.234 e. The number of nitrogens with zero attached hydrogens (tertiary/aromatic N) is 2. The van der Waals surface area contributed by atoms with E-state index in [1.165, 1.54) is 36.0 Å². The first-order chi connectivity index (χ1) is 17.0. The van der Waals surface area contributed by atoms with E-state index in [-0.39, 0.29) is 17.5 Å². The molecule has 1 amide bonds. The summed E-state index contributed by atoms with van der Waals surface area (Å²) in [4.78, 5) is 17.3. The molecule has 4 rings (SSSR count). The molecule has 174 valence electrons. The third-order valence-corrected chi connectivity index (χ3v) is 6.29. The number of aryl methyl sites for hydroxylation is 1. The Morgan fingerprint density at radius 3 is 2.31 bits per heavy atom. The van der Waals surface area contributed by atoms with Crippen LogP contribution in [-0.2, 0) is 4.79 Å². The number of ether oxygens (including phenoxy) is 1. The van der Waals surface area contributed by atoms with Crippen molar-refractivity contribution in [2.45, 2.75) is 11.9 Å². The Hall–Kier alpha value is -4.15. The van der Waals surface area contributed by atoms with Gasteiger partial charge in [0.25, 0.3) is 0 Å². The average Bonchev–Trinajstić information content (AvgIpc) is 2.88. The van der Waals surface area contributed by atoms with Crippen molar-refractivity contribution in [1.29, 1.82) is 5.26 Å². The zero-order chi connectivity index (χ0) is 24.8. The summed E-state index contributed by atoms with van der Waals surface area (Å²) in [5.41, 5.74) is 5.20. The van der Waals surface area contributed by atoms with Crippen molar-refractivity contribution in [3.8, 4) is 34.2 Å². The molecule has 5 nitrogen and oxygen atoms in total. The van der Waals surface area contributed by atoms with Gasteiger partial charge in [-0.15, -0.1) is 0 Å². The summed E-state index contributed by atoms with van der Waals surface area (Å²) in [7, 11) is 1.60. The van der Waals surface area contributed by atoms with E-state index in [0.717, 1.165) is 22.3 Å². The Balaban J connectivity index is 1.69. The van der Waals surface area contributed by atoms with Crippen LogP contribution >= 0.6 is 11.8 Å². The summed E-state index contributed by atoms with van der Waals surface area (Å²) in [6, 6.07) is 25.2. The number of amides is 1. The van der Waals surface area contributed by atoms with E-state index in [2.05, 4.69) is 11.4 Å². The van der Waals surface area contributed by atoms with Crippen molar-refractivity contribution in [3.63, 3.8) is 0 Å². The van der Waals surface area contributed by atoms with Crippen LogP contribution in [0.4, 0.5) is 10.1 Å². The van der Waals surface area contributed by atoms with Crippen molar-refractivity contribution >= 4 is 23.4 Å². The fourth-order valence-corrected chi connectivity index (χ4v) is 4.27. The van der Waals surface area contributed by atoms with Crippen molar-refractivity contribution in [1.82, 2.24) is 4.98 Å². The zero-order valence-corrected chi connectivity index (χ0v) is 20.0. The molecule has 1 N–H and O–H groups in total. The third kappa shape index (κ3) is 5.86. The van der Waals surface area contributed by atoms with Crippen LogP contribution in [0.25, 0.3) is 22.4 Å². The van der Waals surface area contributed by atoms with E-state index in [1.54, 1.807) is 7.11 Å². The van der Waals surface area contributed by atoms with E-state index >= 15 is 0 Å². The monoisotopic (exact) mass is 483 g/mol. The van der Waals surface area contributed by atoms with Crippen LogP contribution in [0.15, 0.2) is 83.9 Å². The largest absolute Gasteiger partial charge is 0.497 e. The van der Waals surface area contributed by atoms with Crippen molar-refractivity contribution in [2.24, 2.45) is 0 Å². The van der Waals surface area contributed by atoms with Crippen LogP contribution in [-0.4, -0.2) is 23.8 Å². The Bertz CT molecular complexity index is 1380. The van der Waals surface area contributed by atoms with Gasteiger partial charge in [-0.2, -0.15) is 5.26 Å². The van der Waals surface area contributed by atoms with Crippen LogP contribution < -0.4 is 10.1 Å². The molecule has 4 aromatic rings. The summed E-state index contributed by atoms with van der Waals surface area (Å²) in [5.74, 6) is 0.101. The van der Waals surface area contributed by atoms with Crippen molar-refractivity contribution in [3.05, 3.63) is 95.8 Å². The number of thioether (sulfide) groups is 1. The predicted octanol–water partition coefficient (Wildman–Crippen LogP) is 6.47. The van der Waals surface area contributed by atoms with E-state index in [0.29, 0.717) is 27.7 Å². The van der Waals surface area contributed by atoms with Gasteiger partial charge >= 0.3 is 0 Å². The maximum Gasteiger partial charge on any atom is 0.234 e. The van der Waals surface area contributed by atoms with Gasteiger partial charge in [-0.3, -0.25) is 4.79 Å². The van der Waals surface area contributed by atoms with Gasteiger partial charge in [-0.1, -0.05) is 53.7 Å². The minimum Gasteiger partial charge on any atom is -0.497 e. The molecule has 0 aliphatic rings. The first-order valence-electron chi connectivity index (χ1n) is 10.8. The lowest BCUT2D eigenvalue weighted by Gasteiger charge is -2.13. The SMILES string of the molecule is COc1ccc(-c2cc(-c3ccc(C)cc3)nc(SCC(=O)Nc3ccc(F)cc3)c2C#N)cc1. The minimum absolute atomic E-state index is 0.0401.